The maximum Gasteiger partial charge on any atom is 0.336 e. The van der Waals surface area contributed by atoms with Crippen LogP contribution in [0, 0.1) is 5.92 Å². The molecular formula is C26H27NO5. The number of hydrogen-bond acceptors (Lipinski definition) is 5. The van der Waals surface area contributed by atoms with Crippen LogP contribution in [-0.2, 0) is 40.2 Å². The number of amides is 1. The molecule has 1 N–H and O–H groups in total. The molecule has 6 heteroatoms. The molecule has 32 heavy (non-hydrogen) atoms. The second-order valence-electron chi connectivity index (χ2n) is 8.62. The van der Waals surface area contributed by atoms with Crippen molar-refractivity contribution in [2.24, 2.45) is 5.92 Å². The fourth-order valence-corrected chi connectivity index (χ4v) is 4.16. The Labute approximate surface area is 186 Å². The van der Waals surface area contributed by atoms with Gasteiger partial charge >= 0.3 is 11.6 Å². The highest BCUT2D eigenvalue weighted by molar-refractivity contribution is 5.86. The number of rotatable bonds is 7. The van der Waals surface area contributed by atoms with Crippen LogP contribution in [0.4, 0.5) is 0 Å². The molecule has 0 bridgehead atoms. The monoisotopic (exact) mass is 433 g/mol. The van der Waals surface area contributed by atoms with Gasteiger partial charge in [0.1, 0.15) is 18.2 Å². The smallest absolute Gasteiger partial charge is 0.336 e. The van der Waals surface area contributed by atoms with E-state index in [4.69, 9.17) is 9.15 Å². The van der Waals surface area contributed by atoms with Crippen LogP contribution in [0.25, 0.3) is 11.0 Å². The minimum atomic E-state index is -0.776. The van der Waals surface area contributed by atoms with Crippen LogP contribution in [0.2, 0.25) is 0 Å². The van der Waals surface area contributed by atoms with Crippen LogP contribution in [0.5, 0.6) is 0 Å². The summed E-state index contributed by atoms with van der Waals surface area (Å²) < 4.78 is 10.9. The Balaban J connectivity index is 1.47. The van der Waals surface area contributed by atoms with Crippen molar-refractivity contribution in [1.82, 2.24) is 5.32 Å². The third-order valence-electron chi connectivity index (χ3n) is 5.86. The molecule has 0 unspecified atom stereocenters. The lowest BCUT2D eigenvalue weighted by atomic mass is 10.0. The highest BCUT2D eigenvalue weighted by Gasteiger charge is 2.26. The zero-order valence-electron chi connectivity index (χ0n) is 18.4. The molecule has 0 saturated heterocycles. The minimum absolute atomic E-state index is 0.0580. The van der Waals surface area contributed by atoms with Crippen molar-refractivity contribution < 1.29 is 18.7 Å². The standard InChI is InChI=1S/C26H27NO5/c1-16(2)25(27-23(28)11-17-7-4-3-5-8-17)26(30)31-15-20-14-24(29)32-22-13-19-10-6-9-18(19)12-21(20)22/h3-5,7-8,12-14,16,25H,6,9-11,15H2,1-2H3,(H,27,28)/t25-/m0/s1. The molecule has 0 fully saturated rings. The van der Waals surface area contributed by atoms with Crippen molar-refractivity contribution in [2.45, 2.75) is 52.2 Å². The van der Waals surface area contributed by atoms with E-state index >= 15 is 0 Å². The first-order valence-electron chi connectivity index (χ1n) is 11.0. The summed E-state index contributed by atoms with van der Waals surface area (Å²) in [5, 5.41) is 3.57. The largest absolute Gasteiger partial charge is 0.459 e. The van der Waals surface area contributed by atoms with Gasteiger partial charge in [-0.05, 0) is 54.0 Å². The molecule has 4 rings (SSSR count). The fraction of sp³-hybridized carbons (Fsp3) is 0.346. The third kappa shape index (κ3) is 4.90. The Morgan fingerprint density at radius 1 is 1.06 bits per heavy atom. The number of hydrogen-bond donors (Lipinski definition) is 1. The van der Waals surface area contributed by atoms with Crippen LogP contribution in [-0.4, -0.2) is 17.9 Å². The number of benzene rings is 2. The molecule has 0 saturated carbocycles. The molecule has 1 atom stereocenters. The number of carbonyl (C=O) groups excluding carboxylic acids is 2. The van der Waals surface area contributed by atoms with Crippen LogP contribution < -0.4 is 10.9 Å². The Bertz CT molecular complexity index is 1200. The topological polar surface area (TPSA) is 85.6 Å². The average molecular weight is 434 g/mol. The second-order valence-corrected chi connectivity index (χ2v) is 8.62. The molecule has 6 nitrogen and oxygen atoms in total. The van der Waals surface area contributed by atoms with E-state index < -0.39 is 17.6 Å². The molecule has 3 aromatic rings. The Morgan fingerprint density at radius 3 is 2.50 bits per heavy atom. The Hall–Kier alpha value is -3.41. The van der Waals surface area contributed by atoms with E-state index in [2.05, 4.69) is 5.32 Å². The summed E-state index contributed by atoms with van der Waals surface area (Å²) in [5.74, 6) is -0.916. The van der Waals surface area contributed by atoms with Crippen molar-refractivity contribution >= 4 is 22.8 Å². The van der Waals surface area contributed by atoms with Crippen molar-refractivity contribution in [2.75, 3.05) is 0 Å². The van der Waals surface area contributed by atoms with Gasteiger partial charge in [-0.1, -0.05) is 44.2 Å². The molecular weight excluding hydrogens is 406 g/mol. The van der Waals surface area contributed by atoms with E-state index in [0.717, 1.165) is 30.2 Å². The highest BCUT2D eigenvalue weighted by atomic mass is 16.5. The first kappa shape index (κ1) is 21.8. The molecule has 1 heterocycles. The lowest BCUT2D eigenvalue weighted by molar-refractivity contribution is -0.150. The van der Waals surface area contributed by atoms with Gasteiger partial charge in [0.15, 0.2) is 0 Å². The van der Waals surface area contributed by atoms with Gasteiger partial charge in [0, 0.05) is 17.0 Å². The van der Waals surface area contributed by atoms with E-state index in [1.54, 1.807) is 0 Å². The third-order valence-corrected chi connectivity index (χ3v) is 5.86. The molecule has 1 aliphatic rings. The van der Waals surface area contributed by atoms with Gasteiger partial charge in [0.25, 0.3) is 0 Å². The predicted molar refractivity (Wildman–Crippen MR) is 121 cm³/mol. The van der Waals surface area contributed by atoms with Crippen molar-refractivity contribution in [3.8, 4) is 0 Å². The van der Waals surface area contributed by atoms with Crippen LogP contribution in [0.1, 0.15) is 42.5 Å². The van der Waals surface area contributed by atoms with Crippen molar-refractivity contribution in [3.63, 3.8) is 0 Å². The first-order valence-corrected chi connectivity index (χ1v) is 11.0. The number of carbonyl (C=O) groups is 2. The van der Waals surface area contributed by atoms with Crippen LogP contribution in [0.15, 0.2) is 57.7 Å². The number of esters is 1. The van der Waals surface area contributed by atoms with Gasteiger partial charge in [0.2, 0.25) is 5.91 Å². The lowest BCUT2D eigenvalue weighted by Gasteiger charge is -2.21. The molecule has 0 radical (unpaired) electrons. The zero-order valence-corrected chi connectivity index (χ0v) is 18.4. The molecule has 0 spiro atoms. The molecule has 2 aromatic carbocycles. The molecule has 1 aliphatic carbocycles. The van der Waals surface area contributed by atoms with E-state index in [9.17, 15) is 14.4 Å². The van der Waals surface area contributed by atoms with Gasteiger partial charge in [-0.2, -0.15) is 0 Å². The number of aryl methyl sites for hydroxylation is 2. The number of ether oxygens (including phenoxy) is 1. The van der Waals surface area contributed by atoms with E-state index in [1.165, 1.54) is 17.2 Å². The van der Waals surface area contributed by atoms with E-state index in [1.807, 2.05) is 56.3 Å². The molecule has 0 aliphatic heterocycles. The van der Waals surface area contributed by atoms with Crippen LogP contribution in [0.3, 0.4) is 0 Å². The summed E-state index contributed by atoms with van der Waals surface area (Å²) >= 11 is 0. The Kier molecular flexibility index (Phi) is 6.40. The first-order chi connectivity index (χ1) is 15.4. The van der Waals surface area contributed by atoms with E-state index in [0.29, 0.717) is 11.1 Å². The summed E-state index contributed by atoms with van der Waals surface area (Å²) in [6, 6.07) is 13.9. The van der Waals surface area contributed by atoms with Gasteiger partial charge in [0.05, 0.1) is 6.42 Å². The maximum atomic E-state index is 12.8. The SMILES string of the molecule is CC(C)[C@H](NC(=O)Cc1ccccc1)C(=O)OCc1cc(=O)oc2cc3c(cc12)CCC3. The number of nitrogens with one attached hydrogen (secondary N) is 1. The molecule has 1 amide bonds. The van der Waals surface area contributed by atoms with Crippen LogP contribution >= 0.6 is 0 Å². The van der Waals surface area contributed by atoms with E-state index in [-0.39, 0.29) is 24.9 Å². The van der Waals surface area contributed by atoms with Gasteiger partial charge < -0.3 is 14.5 Å². The number of fused-ring (bicyclic) bond motifs is 2. The zero-order chi connectivity index (χ0) is 22.7. The molecule has 1 aromatic heterocycles. The summed E-state index contributed by atoms with van der Waals surface area (Å²) in [7, 11) is 0. The average Bonchev–Trinajstić information content (AvgIpc) is 3.22. The minimum Gasteiger partial charge on any atom is -0.459 e. The quantitative estimate of drug-likeness (QED) is 0.454. The molecule has 166 valence electrons. The fourth-order valence-electron chi connectivity index (χ4n) is 4.16. The van der Waals surface area contributed by atoms with Gasteiger partial charge in [-0.15, -0.1) is 0 Å². The summed E-state index contributed by atoms with van der Waals surface area (Å²) in [4.78, 5) is 37.3. The van der Waals surface area contributed by atoms with Gasteiger partial charge in [-0.25, -0.2) is 9.59 Å². The predicted octanol–water partition coefficient (Wildman–Crippen LogP) is 3.71. The maximum absolute atomic E-state index is 12.8. The van der Waals surface area contributed by atoms with Gasteiger partial charge in [-0.3, -0.25) is 4.79 Å². The van der Waals surface area contributed by atoms with Crippen molar-refractivity contribution in [3.05, 3.63) is 81.2 Å². The second kappa shape index (κ2) is 9.39. The summed E-state index contributed by atoms with van der Waals surface area (Å²) in [5.41, 5.74) is 3.97. The normalized spacial score (nSPS) is 13.7. The Morgan fingerprint density at radius 2 is 1.78 bits per heavy atom. The van der Waals surface area contributed by atoms with Crippen molar-refractivity contribution in [1.29, 1.82) is 0 Å². The summed E-state index contributed by atoms with van der Waals surface area (Å²) in [6.07, 6.45) is 3.24. The summed E-state index contributed by atoms with van der Waals surface area (Å²) in [6.45, 7) is 3.65. The highest BCUT2D eigenvalue weighted by Crippen LogP contribution is 2.28. The lowest BCUT2D eigenvalue weighted by Crippen LogP contribution is -2.45.